The van der Waals surface area contributed by atoms with Crippen molar-refractivity contribution in [1.29, 1.82) is 0 Å². The third kappa shape index (κ3) is 3.22. The predicted octanol–water partition coefficient (Wildman–Crippen LogP) is 5.41. The Morgan fingerprint density at radius 2 is 1.85 bits per heavy atom. The summed E-state index contributed by atoms with van der Waals surface area (Å²) in [5.74, 6) is -0.913. The molecule has 0 saturated carbocycles. The molecule has 1 aliphatic rings. The van der Waals surface area contributed by atoms with Gasteiger partial charge in [-0.1, -0.05) is 30.3 Å². The van der Waals surface area contributed by atoms with E-state index in [1.165, 1.54) is 18.4 Å². The van der Waals surface area contributed by atoms with Crippen LogP contribution < -0.4 is 10.7 Å². The highest BCUT2D eigenvalue weighted by molar-refractivity contribution is 6.06. The minimum atomic E-state index is -0.467. The van der Waals surface area contributed by atoms with Gasteiger partial charge in [-0.3, -0.25) is 9.59 Å². The summed E-state index contributed by atoms with van der Waals surface area (Å²) in [5.41, 5.74) is 4.14. The van der Waals surface area contributed by atoms with Crippen LogP contribution in [-0.4, -0.2) is 10.5 Å². The largest absolute Gasteiger partial charge is 0.464 e. The first kappa shape index (κ1) is 19.5. The van der Waals surface area contributed by atoms with Gasteiger partial charge in [0.2, 0.25) is 5.91 Å². The van der Waals surface area contributed by atoms with Gasteiger partial charge in [0.05, 0.1) is 22.9 Å². The zero-order valence-corrected chi connectivity index (χ0v) is 17.5. The summed E-state index contributed by atoms with van der Waals surface area (Å²) in [4.78, 5) is 26.1. The second kappa shape index (κ2) is 7.45. The third-order valence-corrected chi connectivity index (χ3v) is 6.30. The standard InChI is InChI=1S/C27H19FN2O3/c28-17-6-3-5-16(11-17)13-30-14-20-19(12-25(31)29-22-8-4-9-23(30)26(20)22)21-15-33-24-10-2-1-7-18(24)27(21)32/h1-11,14-15,19H,12-13H2,(H,29,31)/t19-/m0/s1. The fourth-order valence-electron chi connectivity index (χ4n) is 4.82. The second-order valence-corrected chi connectivity index (χ2v) is 8.36. The van der Waals surface area contributed by atoms with Crippen LogP contribution in [0, 0.1) is 5.82 Å². The summed E-state index contributed by atoms with van der Waals surface area (Å²) in [7, 11) is 0. The van der Waals surface area contributed by atoms with Crippen LogP contribution in [0.25, 0.3) is 21.9 Å². The average Bonchev–Trinajstić information content (AvgIpc) is 3.10. The summed E-state index contributed by atoms with van der Waals surface area (Å²) in [6.07, 6.45) is 3.57. The minimum Gasteiger partial charge on any atom is -0.464 e. The SMILES string of the molecule is O=C1C[C@H](c2coc3ccccc3c2=O)c2cn(Cc3cccc(F)c3)c3cccc(c23)N1. The van der Waals surface area contributed by atoms with Crippen LogP contribution in [0.5, 0.6) is 0 Å². The van der Waals surface area contributed by atoms with Gasteiger partial charge in [-0.15, -0.1) is 0 Å². The maximum absolute atomic E-state index is 13.8. The Morgan fingerprint density at radius 1 is 1.00 bits per heavy atom. The van der Waals surface area contributed by atoms with Gasteiger partial charge in [0.25, 0.3) is 0 Å². The van der Waals surface area contributed by atoms with Crippen LogP contribution in [0.15, 0.2) is 88.4 Å². The van der Waals surface area contributed by atoms with Gasteiger partial charge in [-0.05, 0) is 47.5 Å². The highest BCUT2D eigenvalue weighted by atomic mass is 19.1. The first-order valence-corrected chi connectivity index (χ1v) is 10.7. The topological polar surface area (TPSA) is 64.2 Å². The first-order valence-electron chi connectivity index (χ1n) is 10.7. The Hall–Kier alpha value is -4.19. The Kier molecular flexibility index (Phi) is 4.40. The molecule has 2 aromatic heterocycles. The number of para-hydroxylation sites is 1. The number of carbonyl (C=O) groups excluding carboxylic acids is 1. The zero-order chi connectivity index (χ0) is 22.5. The number of nitrogens with one attached hydrogen (secondary N) is 1. The van der Waals surface area contributed by atoms with E-state index >= 15 is 0 Å². The number of aromatic nitrogens is 1. The summed E-state index contributed by atoms with van der Waals surface area (Å²) in [6.45, 7) is 0.463. The number of fused-ring (bicyclic) bond motifs is 1. The molecule has 0 unspecified atom stereocenters. The Morgan fingerprint density at radius 3 is 2.73 bits per heavy atom. The number of benzene rings is 3. The van der Waals surface area contributed by atoms with Crippen molar-refractivity contribution in [2.45, 2.75) is 18.9 Å². The fourth-order valence-corrected chi connectivity index (χ4v) is 4.82. The van der Waals surface area contributed by atoms with Crippen molar-refractivity contribution < 1.29 is 13.6 Å². The van der Waals surface area contributed by atoms with Gasteiger partial charge in [-0.25, -0.2) is 4.39 Å². The smallest absolute Gasteiger partial charge is 0.225 e. The van der Waals surface area contributed by atoms with E-state index in [0.29, 0.717) is 28.8 Å². The van der Waals surface area contributed by atoms with E-state index in [9.17, 15) is 14.0 Å². The van der Waals surface area contributed by atoms with E-state index in [2.05, 4.69) is 5.32 Å². The summed E-state index contributed by atoms with van der Waals surface area (Å²) < 4.78 is 21.6. The number of amides is 1. The monoisotopic (exact) mass is 438 g/mol. The van der Waals surface area contributed by atoms with E-state index in [1.54, 1.807) is 24.3 Å². The molecule has 33 heavy (non-hydrogen) atoms. The van der Waals surface area contributed by atoms with Crippen LogP contribution >= 0.6 is 0 Å². The van der Waals surface area contributed by atoms with Crippen molar-refractivity contribution in [3.8, 4) is 0 Å². The van der Waals surface area contributed by atoms with E-state index in [4.69, 9.17) is 4.42 Å². The third-order valence-electron chi connectivity index (χ3n) is 6.30. The molecule has 5 nitrogen and oxygen atoms in total. The maximum Gasteiger partial charge on any atom is 0.225 e. The summed E-state index contributed by atoms with van der Waals surface area (Å²) >= 11 is 0. The predicted molar refractivity (Wildman–Crippen MR) is 125 cm³/mol. The molecule has 1 aliphatic heterocycles. The first-order chi connectivity index (χ1) is 16.1. The molecule has 1 atom stereocenters. The molecule has 0 spiro atoms. The van der Waals surface area contributed by atoms with Crippen molar-refractivity contribution in [2.75, 3.05) is 5.32 Å². The molecule has 162 valence electrons. The molecule has 1 amide bonds. The van der Waals surface area contributed by atoms with Crippen molar-refractivity contribution in [3.63, 3.8) is 0 Å². The molecule has 0 bridgehead atoms. The van der Waals surface area contributed by atoms with E-state index in [1.807, 2.05) is 41.1 Å². The lowest BCUT2D eigenvalue weighted by Gasteiger charge is -2.14. The van der Waals surface area contributed by atoms with Gasteiger partial charge in [-0.2, -0.15) is 0 Å². The van der Waals surface area contributed by atoms with Gasteiger partial charge in [0, 0.05) is 36.0 Å². The molecule has 5 aromatic rings. The quantitative estimate of drug-likeness (QED) is 0.410. The van der Waals surface area contributed by atoms with Crippen molar-refractivity contribution >= 4 is 33.5 Å². The van der Waals surface area contributed by atoms with Crippen molar-refractivity contribution in [2.24, 2.45) is 0 Å². The lowest BCUT2D eigenvalue weighted by atomic mass is 9.89. The van der Waals surface area contributed by atoms with Crippen LogP contribution in [0.3, 0.4) is 0 Å². The lowest BCUT2D eigenvalue weighted by molar-refractivity contribution is -0.116. The average molecular weight is 438 g/mol. The Labute approximate surface area is 188 Å². The minimum absolute atomic E-state index is 0.122. The summed E-state index contributed by atoms with van der Waals surface area (Å²) in [5, 5.41) is 4.36. The van der Waals surface area contributed by atoms with Crippen LogP contribution in [0.1, 0.15) is 29.0 Å². The number of rotatable bonds is 3. The highest BCUT2D eigenvalue weighted by Gasteiger charge is 2.30. The Bertz CT molecular complexity index is 1620. The van der Waals surface area contributed by atoms with Gasteiger partial charge in [0.15, 0.2) is 5.43 Å². The van der Waals surface area contributed by atoms with Gasteiger partial charge < -0.3 is 14.3 Å². The number of carbonyl (C=O) groups is 1. The molecule has 1 N–H and O–H groups in total. The molecule has 0 fully saturated rings. The van der Waals surface area contributed by atoms with Gasteiger partial charge in [0.1, 0.15) is 11.4 Å². The van der Waals surface area contributed by atoms with Crippen molar-refractivity contribution in [3.05, 3.63) is 112 Å². The van der Waals surface area contributed by atoms with Crippen molar-refractivity contribution in [1.82, 2.24) is 4.57 Å². The molecule has 6 heteroatoms. The zero-order valence-electron chi connectivity index (χ0n) is 17.5. The normalized spacial score (nSPS) is 15.5. The number of nitrogens with zero attached hydrogens (tertiary/aromatic N) is 1. The molecule has 0 saturated heterocycles. The maximum atomic E-state index is 13.8. The highest BCUT2D eigenvalue weighted by Crippen LogP contribution is 2.40. The summed E-state index contributed by atoms with van der Waals surface area (Å²) in [6, 6.07) is 19.3. The molecule has 3 aromatic carbocycles. The number of halogens is 1. The Balaban J connectivity index is 1.57. The molecule has 6 rings (SSSR count). The van der Waals surface area contributed by atoms with E-state index < -0.39 is 5.92 Å². The fraction of sp³-hybridized carbons (Fsp3) is 0.111. The van der Waals surface area contributed by atoms with Crippen LogP contribution in [-0.2, 0) is 11.3 Å². The van der Waals surface area contributed by atoms with Crippen LogP contribution in [0.2, 0.25) is 0 Å². The number of hydrogen-bond donors (Lipinski definition) is 1. The second-order valence-electron chi connectivity index (χ2n) is 8.36. The molecule has 0 aliphatic carbocycles. The molecular weight excluding hydrogens is 419 g/mol. The van der Waals surface area contributed by atoms with E-state index in [0.717, 1.165) is 22.0 Å². The van der Waals surface area contributed by atoms with E-state index in [-0.39, 0.29) is 23.6 Å². The van der Waals surface area contributed by atoms with Gasteiger partial charge >= 0.3 is 0 Å². The molecular formula is C27H19FN2O3. The number of anilines is 1. The van der Waals surface area contributed by atoms with Crippen LogP contribution in [0.4, 0.5) is 10.1 Å². The molecule has 3 heterocycles. The molecule has 0 radical (unpaired) electrons. The lowest BCUT2D eigenvalue weighted by Crippen LogP contribution is -2.19. The number of hydrogen-bond acceptors (Lipinski definition) is 3.